The van der Waals surface area contributed by atoms with E-state index in [0.29, 0.717) is 22.8 Å². The third-order valence-electron chi connectivity index (χ3n) is 3.79. The number of aromatic nitrogens is 1. The molecular formula is C19H18N4O6S. The predicted molar refractivity (Wildman–Crippen MR) is 111 cm³/mol. The van der Waals surface area contributed by atoms with Gasteiger partial charge in [-0.2, -0.15) is 0 Å². The fourth-order valence-corrected chi connectivity index (χ4v) is 3.13. The van der Waals surface area contributed by atoms with Gasteiger partial charge in [0.2, 0.25) is 10.0 Å². The molecule has 0 radical (unpaired) electrons. The summed E-state index contributed by atoms with van der Waals surface area (Å²) in [7, 11) is -2.01. The van der Waals surface area contributed by atoms with Gasteiger partial charge in [-0.3, -0.25) is 14.3 Å². The summed E-state index contributed by atoms with van der Waals surface area (Å²) in [5.74, 6) is -0.926. The summed E-state index contributed by atoms with van der Waals surface area (Å²) in [4.78, 5) is 28.3. The molecule has 3 N–H and O–H groups in total. The second-order valence-electron chi connectivity index (χ2n) is 6.14. The number of rotatable bonds is 6. The molecule has 0 saturated carbocycles. The lowest BCUT2D eigenvalue weighted by Crippen LogP contribution is -2.29. The van der Waals surface area contributed by atoms with Gasteiger partial charge in [0.1, 0.15) is 5.75 Å². The van der Waals surface area contributed by atoms with Crippen molar-refractivity contribution in [2.75, 3.05) is 28.7 Å². The quantitative estimate of drug-likeness (QED) is 0.510. The number of hydrogen-bond donors (Lipinski definition) is 3. The zero-order chi connectivity index (χ0) is 21.7. The van der Waals surface area contributed by atoms with Crippen molar-refractivity contribution in [2.45, 2.75) is 0 Å². The highest BCUT2D eigenvalue weighted by Crippen LogP contribution is 2.32. The van der Waals surface area contributed by atoms with Crippen molar-refractivity contribution in [3.8, 4) is 17.1 Å². The van der Waals surface area contributed by atoms with Crippen LogP contribution in [0.4, 0.5) is 17.1 Å². The number of carbonyl (C=O) groups is 2. The number of methoxy groups -OCH3 is 1. The van der Waals surface area contributed by atoms with Crippen LogP contribution >= 0.6 is 0 Å². The van der Waals surface area contributed by atoms with Crippen LogP contribution in [0.25, 0.3) is 11.3 Å². The van der Waals surface area contributed by atoms with Crippen LogP contribution in [0.3, 0.4) is 0 Å². The number of nitrogens with zero attached hydrogens (tertiary/aromatic N) is 1. The van der Waals surface area contributed by atoms with E-state index in [1.165, 1.54) is 44.0 Å². The Balaban J connectivity index is 1.69. The van der Waals surface area contributed by atoms with Crippen LogP contribution in [0.1, 0.15) is 0 Å². The topological polar surface area (TPSA) is 140 Å². The van der Waals surface area contributed by atoms with E-state index >= 15 is 0 Å². The summed E-state index contributed by atoms with van der Waals surface area (Å²) in [6.07, 6.45) is 3.82. The summed E-state index contributed by atoms with van der Waals surface area (Å²) in [6, 6.07) is 10.7. The minimum Gasteiger partial charge on any atom is -0.496 e. The van der Waals surface area contributed by atoms with Gasteiger partial charge in [-0.15, -0.1) is 0 Å². The number of sulfonamides is 1. The van der Waals surface area contributed by atoms with Crippen molar-refractivity contribution in [3.63, 3.8) is 0 Å². The van der Waals surface area contributed by atoms with E-state index < -0.39 is 21.8 Å². The van der Waals surface area contributed by atoms with Crippen molar-refractivity contribution in [1.82, 2.24) is 4.98 Å². The molecule has 0 aliphatic carbocycles. The molecule has 10 nitrogen and oxygen atoms in total. The zero-order valence-electron chi connectivity index (χ0n) is 16.0. The Labute approximate surface area is 172 Å². The molecule has 0 atom stereocenters. The highest BCUT2D eigenvalue weighted by molar-refractivity contribution is 7.92. The molecule has 11 heteroatoms. The minimum atomic E-state index is -3.47. The monoisotopic (exact) mass is 430 g/mol. The maximum Gasteiger partial charge on any atom is 0.314 e. The maximum atomic E-state index is 12.2. The van der Waals surface area contributed by atoms with E-state index in [-0.39, 0.29) is 11.4 Å². The summed E-state index contributed by atoms with van der Waals surface area (Å²) in [5, 5.41) is 4.88. The van der Waals surface area contributed by atoms with E-state index in [1.807, 2.05) is 0 Å². The lowest BCUT2D eigenvalue weighted by molar-refractivity contribution is -0.132. The highest BCUT2D eigenvalue weighted by atomic mass is 32.2. The molecule has 3 rings (SSSR count). The van der Waals surface area contributed by atoms with E-state index in [0.717, 1.165) is 6.26 Å². The van der Waals surface area contributed by atoms with E-state index in [9.17, 15) is 18.0 Å². The summed E-state index contributed by atoms with van der Waals surface area (Å²) in [5.41, 5.74) is 1.47. The van der Waals surface area contributed by atoms with E-state index in [4.69, 9.17) is 9.15 Å². The Bertz CT molecular complexity index is 1180. The molecular weight excluding hydrogens is 412 g/mol. The van der Waals surface area contributed by atoms with Crippen molar-refractivity contribution in [2.24, 2.45) is 0 Å². The predicted octanol–water partition coefficient (Wildman–Crippen LogP) is 2.30. The molecule has 0 saturated heterocycles. The van der Waals surface area contributed by atoms with Crippen LogP contribution < -0.4 is 20.1 Å². The Morgan fingerprint density at radius 2 is 1.67 bits per heavy atom. The normalized spacial score (nSPS) is 10.9. The number of ether oxygens (including phenoxy) is 1. The summed E-state index contributed by atoms with van der Waals surface area (Å²) < 4.78 is 35.5. The van der Waals surface area contributed by atoms with Gasteiger partial charge in [-0.25, -0.2) is 13.4 Å². The van der Waals surface area contributed by atoms with E-state index in [2.05, 4.69) is 20.3 Å². The highest BCUT2D eigenvalue weighted by Gasteiger charge is 2.16. The molecule has 1 aromatic heterocycles. The second-order valence-corrected chi connectivity index (χ2v) is 7.89. The van der Waals surface area contributed by atoms with Gasteiger partial charge in [-0.1, -0.05) is 6.07 Å². The number of carbonyl (C=O) groups excluding carboxylic acids is 2. The van der Waals surface area contributed by atoms with Gasteiger partial charge < -0.3 is 19.8 Å². The number of nitrogens with one attached hydrogen (secondary N) is 3. The smallest absolute Gasteiger partial charge is 0.314 e. The van der Waals surface area contributed by atoms with Crippen LogP contribution in [-0.2, 0) is 19.6 Å². The molecule has 0 unspecified atom stereocenters. The molecule has 0 spiro atoms. The van der Waals surface area contributed by atoms with Gasteiger partial charge in [0, 0.05) is 17.4 Å². The average molecular weight is 430 g/mol. The standard InChI is InChI=1S/C19H18N4O6S/c1-28-16-9-13(6-7-15(16)17-10-20-11-29-17)22-19(25)18(24)21-12-4-3-5-14(8-12)23-30(2,26)27/h3-11,23H,1-2H3,(H,21,24)(H,22,25). The minimum absolute atomic E-state index is 0.252. The summed E-state index contributed by atoms with van der Waals surface area (Å²) in [6.45, 7) is 0. The Hall–Kier alpha value is -3.86. The van der Waals surface area contributed by atoms with Crippen LogP contribution in [0.5, 0.6) is 5.75 Å². The van der Waals surface area contributed by atoms with E-state index in [1.54, 1.807) is 18.2 Å². The molecule has 2 amide bonds. The van der Waals surface area contributed by atoms with Gasteiger partial charge in [0.15, 0.2) is 12.2 Å². The molecule has 156 valence electrons. The van der Waals surface area contributed by atoms with Gasteiger partial charge >= 0.3 is 11.8 Å². The SMILES string of the molecule is COc1cc(NC(=O)C(=O)Nc2cccc(NS(C)(=O)=O)c2)ccc1-c1cnco1. The number of oxazole rings is 1. The van der Waals surface area contributed by atoms with Crippen LogP contribution in [0, 0.1) is 0 Å². The fraction of sp³-hybridized carbons (Fsp3) is 0.105. The van der Waals surface area contributed by atoms with Crippen molar-refractivity contribution >= 4 is 38.9 Å². The number of benzene rings is 2. The van der Waals surface area contributed by atoms with Gasteiger partial charge in [0.25, 0.3) is 0 Å². The third-order valence-corrected chi connectivity index (χ3v) is 4.39. The first-order chi connectivity index (χ1) is 14.2. The molecule has 0 aliphatic heterocycles. The van der Waals surface area contributed by atoms with Crippen molar-refractivity contribution in [3.05, 3.63) is 55.1 Å². The lowest BCUT2D eigenvalue weighted by atomic mass is 10.1. The van der Waals surface area contributed by atoms with Crippen molar-refractivity contribution < 1.29 is 27.2 Å². The first-order valence-electron chi connectivity index (χ1n) is 8.52. The molecule has 0 bridgehead atoms. The number of anilines is 3. The fourth-order valence-electron chi connectivity index (χ4n) is 2.57. The Kier molecular flexibility index (Phi) is 6.02. The zero-order valence-corrected chi connectivity index (χ0v) is 16.8. The van der Waals surface area contributed by atoms with Crippen LogP contribution in [0.15, 0.2) is 59.5 Å². The third kappa shape index (κ3) is 5.35. The molecule has 2 aromatic carbocycles. The Morgan fingerprint density at radius 3 is 2.27 bits per heavy atom. The Morgan fingerprint density at radius 1 is 1.00 bits per heavy atom. The molecule has 1 heterocycles. The first-order valence-corrected chi connectivity index (χ1v) is 10.4. The summed E-state index contributed by atoms with van der Waals surface area (Å²) >= 11 is 0. The average Bonchev–Trinajstić information content (AvgIpc) is 3.21. The lowest BCUT2D eigenvalue weighted by Gasteiger charge is -2.11. The van der Waals surface area contributed by atoms with Gasteiger partial charge in [0.05, 0.1) is 30.8 Å². The largest absolute Gasteiger partial charge is 0.496 e. The number of hydrogen-bond acceptors (Lipinski definition) is 7. The first kappa shape index (κ1) is 20.9. The van der Waals surface area contributed by atoms with Crippen LogP contribution in [0.2, 0.25) is 0 Å². The molecule has 0 fully saturated rings. The molecule has 30 heavy (non-hydrogen) atoms. The second kappa shape index (κ2) is 8.66. The van der Waals surface area contributed by atoms with Gasteiger partial charge in [-0.05, 0) is 30.3 Å². The maximum absolute atomic E-state index is 12.2. The molecule has 3 aromatic rings. The number of amides is 2. The van der Waals surface area contributed by atoms with Crippen LogP contribution in [-0.4, -0.2) is 38.6 Å². The van der Waals surface area contributed by atoms with Crippen molar-refractivity contribution in [1.29, 1.82) is 0 Å². The molecule has 0 aliphatic rings.